The molecule has 6 nitrogen and oxygen atoms in total. The van der Waals surface area contributed by atoms with Crippen LogP contribution in [0.1, 0.15) is 11.1 Å². The second-order valence-electron chi connectivity index (χ2n) is 4.02. The SMILES string of the molecule is Cc1cnccc1CNC(=O)Cn1ccc(N)n1. The topological polar surface area (TPSA) is 85.8 Å². The van der Waals surface area contributed by atoms with Gasteiger partial charge >= 0.3 is 0 Å². The predicted molar refractivity (Wildman–Crippen MR) is 67.5 cm³/mol. The first-order valence-electron chi connectivity index (χ1n) is 5.60. The highest BCUT2D eigenvalue weighted by atomic mass is 16.2. The van der Waals surface area contributed by atoms with E-state index < -0.39 is 0 Å². The number of hydrogen-bond donors (Lipinski definition) is 2. The van der Waals surface area contributed by atoms with Gasteiger partial charge < -0.3 is 11.1 Å². The van der Waals surface area contributed by atoms with Crippen LogP contribution >= 0.6 is 0 Å². The fraction of sp³-hybridized carbons (Fsp3) is 0.250. The molecule has 2 aromatic heterocycles. The second-order valence-corrected chi connectivity index (χ2v) is 4.02. The lowest BCUT2D eigenvalue weighted by molar-refractivity contribution is -0.122. The Morgan fingerprint density at radius 2 is 2.33 bits per heavy atom. The number of carbonyl (C=O) groups is 1. The smallest absolute Gasteiger partial charge is 0.241 e. The van der Waals surface area contributed by atoms with E-state index in [1.165, 1.54) is 4.68 Å². The average Bonchev–Trinajstić information content (AvgIpc) is 2.74. The van der Waals surface area contributed by atoms with E-state index in [-0.39, 0.29) is 12.5 Å². The van der Waals surface area contributed by atoms with Gasteiger partial charge in [0.2, 0.25) is 5.91 Å². The fourth-order valence-electron chi connectivity index (χ4n) is 1.56. The molecule has 94 valence electrons. The van der Waals surface area contributed by atoms with Crippen LogP contribution in [-0.2, 0) is 17.9 Å². The Hall–Kier alpha value is -2.37. The molecule has 0 atom stereocenters. The van der Waals surface area contributed by atoms with Crippen molar-refractivity contribution in [2.24, 2.45) is 0 Å². The number of amides is 1. The Morgan fingerprint density at radius 1 is 1.50 bits per heavy atom. The van der Waals surface area contributed by atoms with E-state index in [0.29, 0.717) is 12.4 Å². The summed E-state index contributed by atoms with van der Waals surface area (Å²) in [4.78, 5) is 15.7. The van der Waals surface area contributed by atoms with E-state index in [4.69, 9.17) is 5.73 Å². The summed E-state index contributed by atoms with van der Waals surface area (Å²) >= 11 is 0. The molecule has 0 spiro atoms. The summed E-state index contributed by atoms with van der Waals surface area (Å²) in [5, 5.41) is 6.78. The van der Waals surface area contributed by atoms with E-state index in [1.807, 2.05) is 13.0 Å². The third-order valence-electron chi connectivity index (χ3n) is 2.58. The van der Waals surface area contributed by atoms with Gasteiger partial charge in [-0.05, 0) is 30.2 Å². The molecule has 0 saturated carbocycles. The maximum atomic E-state index is 11.7. The Bertz CT molecular complexity index is 549. The van der Waals surface area contributed by atoms with Gasteiger partial charge in [0, 0.05) is 25.1 Å². The molecule has 3 N–H and O–H groups in total. The highest BCUT2D eigenvalue weighted by molar-refractivity contribution is 5.75. The van der Waals surface area contributed by atoms with Gasteiger partial charge in [-0.1, -0.05) is 0 Å². The van der Waals surface area contributed by atoms with Crippen LogP contribution in [0.25, 0.3) is 0 Å². The summed E-state index contributed by atoms with van der Waals surface area (Å²) in [7, 11) is 0. The first kappa shape index (κ1) is 12.1. The van der Waals surface area contributed by atoms with Crippen LogP contribution in [0.15, 0.2) is 30.7 Å². The maximum Gasteiger partial charge on any atom is 0.241 e. The minimum absolute atomic E-state index is 0.102. The van der Waals surface area contributed by atoms with Crippen LogP contribution in [0.5, 0.6) is 0 Å². The number of aryl methyl sites for hydroxylation is 1. The van der Waals surface area contributed by atoms with Gasteiger partial charge in [-0.2, -0.15) is 5.10 Å². The van der Waals surface area contributed by atoms with Crippen molar-refractivity contribution < 1.29 is 4.79 Å². The number of aromatic nitrogens is 3. The first-order valence-corrected chi connectivity index (χ1v) is 5.60. The van der Waals surface area contributed by atoms with Crippen molar-refractivity contribution in [2.75, 3.05) is 5.73 Å². The third kappa shape index (κ3) is 3.07. The Kier molecular flexibility index (Phi) is 3.57. The number of carbonyl (C=O) groups excluding carboxylic acids is 1. The lowest BCUT2D eigenvalue weighted by Gasteiger charge is -2.07. The quantitative estimate of drug-likeness (QED) is 0.820. The van der Waals surface area contributed by atoms with Crippen molar-refractivity contribution in [3.05, 3.63) is 41.9 Å². The molecule has 0 saturated heterocycles. The molecule has 2 heterocycles. The summed E-state index contributed by atoms with van der Waals surface area (Å²) in [6.45, 7) is 2.62. The van der Waals surface area contributed by atoms with E-state index in [1.54, 1.807) is 24.7 Å². The summed E-state index contributed by atoms with van der Waals surface area (Å²) in [5.41, 5.74) is 7.58. The number of rotatable bonds is 4. The molecule has 0 fully saturated rings. The Labute approximate surface area is 105 Å². The highest BCUT2D eigenvalue weighted by Gasteiger charge is 2.04. The molecule has 0 radical (unpaired) electrons. The lowest BCUT2D eigenvalue weighted by atomic mass is 10.1. The normalized spacial score (nSPS) is 10.3. The molecule has 0 bridgehead atoms. The van der Waals surface area contributed by atoms with Gasteiger partial charge in [-0.25, -0.2) is 0 Å². The summed E-state index contributed by atoms with van der Waals surface area (Å²) in [6.07, 6.45) is 5.16. The fourth-order valence-corrected chi connectivity index (χ4v) is 1.56. The molecule has 18 heavy (non-hydrogen) atoms. The molecule has 0 aliphatic rings. The zero-order valence-corrected chi connectivity index (χ0v) is 10.1. The molecule has 0 aliphatic heterocycles. The number of nitrogen functional groups attached to an aromatic ring is 1. The van der Waals surface area contributed by atoms with Crippen molar-refractivity contribution in [2.45, 2.75) is 20.0 Å². The lowest BCUT2D eigenvalue weighted by Crippen LogP contribution is -2.27. The molecular weight excluding hydrogens is 230 g/mol. The molecule has 0 aliphatic carbocycles. The van der Waals surface area contributed by atoms with Gasteiger partial charge in [0.05, 0.1) is 0 Å². The predicted octanol–water partition coefficient (Wildman–Crippen LogP) is 0.485. The maximum absolute atomic E-state index is 11.7. The molecule has 0 aromatic carbocycles. The summed E-state index contributed by atoms with van der Waals surface area (Å²) in [5.74, 6) is 0.307. The molecule has 2 aromatic rings. The highest BCUT2D eigenvalue weighted by Crippen LogP contribution is 2.04. The van der Waals surface area contributed by atoms with Crippen LogP contribution in [0.3, 0.4) is 0 Å². The number of nitrogens with zero attached hydrogens (tertiary/aromatic N) is 3. The standard InChI is InChI=1S/C12H15N5O/c1-9-6-14-4-2-10(9)7-15-12(18)8-17-5-3-11(13)16-17/h2-6H,7-8H2,1H3,(H2,13,16)(H,15,18). The third-order valence-corrected chi connectivity index (χ3v) is 2.58. The van der Waals surface area contributed by atoms with E-state index in [2.05, 4.69) is 15.4 Å². The van der Waals surface area contributed by atoms with Crippen LogP contribution in [0.2, 0.25) is 0 Å². The molecular formula is C12H15N5O. The van der Waals surface area contributed by atoms with Gasteiger partial charge in [0.1, 0.15) is 12.4 Å². The zero-order valence-electron chi connectivity index (χ0n) is 10.1. The minimum atomic E-state index is -0.102. The van der Waals surface area contributed by atoms with Crippen LogP contribution in [0, 0.1) is 6.92 Å². The van der Waals surface area contributed by atoms with Crippen molar-refractivity contribution in [3.63, 3.8) is 0 Å². The Morgan fingerprint density at radius 3 is 3.00 bits per heavy atom. The van der Waals surface area contributed by atoms with Crippen molar-refractivity contribution in [1.29, 1.82) is 0 Å². The molecule has 0 unspecified atom stereocenters. The van der Waals surface area contributed by atoms with Crippen LogP contribution < -0.4 is 11.1 Å². The molecule has 2 rings (SSSR count). The van der Waals surface area contributed by atoms with Crippen LogP contribution in [-0.4, -0.2) is 20.7 Å². The van der Waals surface area contributed by atoms with Crippen LogP contribution in [0.4, 0.5) is 5.82 Å². The number of nitrogens with one attached hydrogen (secondary N) is 1. The first-order chi connectivity index (χ1) is 8.65. The van der Waals surface area contributed by atoms with Crippen molar-refractivity contribution in [3.8, 4) is 0 Å². The summed E-state index contributed by atoms with van der Waals surface area (Å²) < 4.78 is 1.50. The van der Waals surface area contributed by atoms with E-state index in [9.17, 15) is 4.79 Å². The van der Waals surface area contributed by atoms with E-state index in [0.717, 1.165) is 11.1 Å². The van der Waals surface area contributed by atoms with Crippen molar-refractivity contribution >= 4 is 11.7 Å². The monoisotopic (exact) mass is 245 g/mol. The Balaban J connectivity index is 1.87. The largest absolute Gasteiger partial charge is 0.382 e. The number of nitrogens with two attached hydrogens (primary N) is 1. The number of pyridine rings is 1. The van der Waals surface area contributed by atoms with Gasteiger partial charge in [0.15, 0.2) is 0 Å². The molecule has 1 amide bonds. The number of hydrogen-bond acceptors (Lipinski definition) is 4. The van der Waals surface area contributed by atoms with Crippen molar-refractivity contribution in [1.82, 2.24) is 20.1 Å². The minimum Gasteiger partial charge on any atom is -0.382 e. The molecule has 6 heteroatoms. The number of anilines is 1. The van der Waals surface area contributed by atoms with E-state index >= 15 is 0 Å². The zero-order chi connectivity index (χ0) is 13.0. The second kappa shape index (κ2) is 5.31. The van der Waals surface area contributed by atoms with Gasteiger partial charge in [-0.3, -0.25) is 14.5 Å². The summed E-state index contributed by atoms with van der Waals surface area (Å²) in [6, 6.07) is 3.54. The average molecular weight is 245 g/mol. The van der Waals surface area contributed by atoms with Gasteiger partial charge in [0.25, 0.3) is 0 Å². The van der Waals surface area contributed by atoms with Gasteiger partial charge in [-0.15, -0.1) is 0 Å².